The highest BCUT2D eigenvalue weighted by atomic mass is 16.2. The van der Waals surface area contributed by atoms with Crippen LogP contribution in [0, 0.1) is 11.3 Å². The summed E-state index contributed by atoms with van der Waals surface area (Å²) < 4.78 is 0. The number of rotatable bonds is 3. The molecule has 0 spiro atoms. The van der Waals surface area contributed by atoms with E-state index in [-0.39, 0.29) is 12.1 Å². The maximum Gasteiger partial charge on any atom is 0.322 e. The van der Waals surface area contributed by atoms with Gasteiger partial charge < -0.3 is 15.2 Å². The van der Waals surface area contributed by atoms with Gasteiger partial charge in [-0.2, -0.15) is 5.26 Å². The third kappa shape index (κ3) is 3.31. The van der Waals surface area contributed by atoms with Crippen LogP contribution in [0.2, 0.25) is 0 Å². The van der Waals surface area contributed by atoms with E-state index in [1.165, 1.54) is 0 Å². The number of aromatic amines is 1. The quantitative estimate of drug-likeness (QED) is 0.696. The molecule has 2 aromatic carbocycles. The topological polar surface area (TPSA) is 84.8 Å². The van der Waals surface area contributed by atoms with Gasteiger partial charge in [0, 0.05) is 12.2 Å². The molecule has 28 heavy (non-hydrogen) atoms. The van der Waals surface area contributed by atoms with Crippen molar-refractivity contribution < 1.29 is 4.79 Å². The molecule has 0 saturated carbocycles. The molecule has 1 aliphatic heterocycles. The predicted octanol–water partition coefficient (Wildman–Crippen LogP) is 4.73. The Morgan fingerprint density at radius 3 is 2.71 bits per heavy atom. The van der Waals surface area contributed by atoms with Crippen molar-refractivity contribution in [2.24, 2.45) is 0 Å². The predicted molar refractivity (Wildman–Crippen MR) is 109 cm³/mol. The van der Waals surface area contributed by atoms with E-state index in [0.717, 1.165) is 41.0 Å². The van der Waals surface area contributed by atoms with Crippen LogP contribution in [-0.2, 0) is 5.41 Å². The fourth-order valence-corrected chi connectivity index (χ4v) is 3.65. The Labute approximate surface area is 164 Å². The zero-order valence-corrected chi connectivity index (χ0v) is 16.1. The first-order chi connectivity index (χ1) is 13.5. The molecule has 1 unspecified atom stereocenters. The number of imidazole rings is 1. The summed E-state index contributed by atoms with van der Waals surface area (Å²) in [6, 6.07) is 17.5. The zero-order valence-electron chi connectivity index (χ0n) is 16.1. The number of H-pyrrole nitrogens is 1. The lowest BCUT2D eigenvalue weighted by Gasteiger charge is -2.24. The number of para-hydroxylation sites is 2. The van der Waals surface area contributed by atoms with E-state index in [4.69, 9.17) is 0 Å². The number of carbonyl (C=O) groups excluding carboxylic acids is 1. The molecule has 0 bridgehead atoms. The molecule has 2 amide bonds. The van der Waals surface area contributed by atoms with E-state index in [1.807, 2.05) is 67.3 Å². The minimum Gasteiger partial charge on any atom is -0.340 e. The van der Waals surface area contributed by atoms with Gasteiger partial charge in [0.05, 0.1) is 28.6 Å². The molecule has 6 nitrogen and oxygen atoms in total. The summed E-state index contributed by atoms with van der Waals surface area (Å²) in [5.74, 6) is 0.833. The molecular weight excluding hydrogens is 350 g/mol. The molecule has 142 valence electrons. The molecule has 1 aliphatic rings. The minimum atomic E-state index is -0.552. The molecule has 1 saturated heterocycles. The summed E-state index contributed by atoms with van der Waals surface area (Å²) in [6.45, 7) is 4.46. The second kappa shape index (κ2) is 7.01. The number of amides is 2. The van der Waals surface area contributed by atoms with Crippen LogP contribution in [0.5, 0.6) is 0 Å². The molecule has 2 heterocycles. The Kier molecular flexibility index (Phi) is 4.52. The lowest BCUT2D eigenvalue weighted by atomic mass is 9.86. The molecule has 4 rings (SSSR count). The van der Waals surface area contributed by atoms with Gasteiger partial charge in [0.25, 0.3) is 0 Å². The maximum absolute atomic E-state index is 12.9. The van der Waals surface area contributed by atoms with E-state index in [2.05, 4.69) is 21.4 Å². The number of carbonyl (C=O) groups is 1. The molecular formula is C22H23N5O. The monoisotopic (exact) mass is 373 g/mol. The fraction of sp³-hybridized carbons (Fsp3) is 0.318. The third-order valence-electron chi connectivity index (χ3n) is 5.37. The molecule has 1 atom stereocenters. The van der Waals surface area contributed by atoms with Crippen molar-refractivity contribution in [3.8, 4) is 6.07 Å². The molecule has 3 aromatic rings. The Morgan fingerprint density at radius 1 is 1.25 bits per heavy atom. The summed E-state index contributed by atoms with van der Waals surface area (Å²) >= 11 is 0. The van der Waals surface area contributed by atoms with Crippen LogP contribution in [0.4, 0.5) is 10.5 Å². The van der Waals surface area contributed by atoms with E-state index < -0.39 is 5.41 Å². The van der Waals surface area contributed by atoms with Gasteiger partial charge in [0.15, 0.2) is 0 Å². The van der Waals surface area contributed by atoms with Crippen molar-refractivity contribution in [2.45, 2.75) is 38.1 Å². The molecule has 6 heteroatoms. The van der Waals surface area contributed by atoms with Gasteiger partial charge in [0.1, 0.15) is 5.82 Å². The van der Waals surface area contributed by atoms with Crippen LogP contribution in [0.25, 0.3) is 11.0 Å². The number of nitrogens with zero attached hydrogens (tertiary/aromatic N) is 3. The second-order valence-electron chi connectivity index (χ2n) is 7.73. The maximum atomic E-state index is 12.9. The fourth-order valence-electron chi connectivity index (χ4n) is 3.65. The van der Waals surface area contributed by atoms with E-state index in [0.29, 0.717) is 6.54 Å². The van der Waals surface area contributed by atoms with Gasteiger partial charge in [-0.05, 0) is 56.5 Å². The van der Waals surface area contributed by atoms with Crippen molar-refractivity contribution >= 4 is 22.8 Å². The first kappa shape index (κ1) is 18.1. The van der Waals surface area contributed by atoms with Gasteiger partial charge in [0.2, 0.25) is 0 Å². The van der Waals surface area contributed by atoms with Crippen LogP contribution < -0.4 is 5.32 Å². The summed E-state index contributed by atoms with van der Waals surface area (Å²) in [4.78, 5) is 22.7. The molecule has 0 aliphatic carbocycles. The van der Waals surface area contributed by atoms with Crippen LogP contribution in [0.1, 0.15) is 44.1 Å². The number of likely N-dealkylation sites (tertiary alicyclic amines) is 1. The molecule has 2 N–H and O–H groups in total. The lowest BCUT2D eigenvalue weighted by Crippen LogP contribution is -2.34. The van der Waals surface area contributed by atoms with Crippen molar-refractivity contribution in [2.75, 3.05) is 11.9 Å². The first-order valence-electron chi connectivity index (χ1n) is 9.52. The second-order valence-corrected chi connectivity index (χ2v) is 7.73. The highest BCUT2D eigenvalue weighted by Crippen LogP contribution is 2.32. The van der Waals surface area contributed by atoms with Crippen molar-refractivity contribution in [1.82, 2.24) is 14.9 Å². The summed E-state index contributed by atoms with van der Waals surface area (Å²) in [6.07, 6.45) is 1.84. The Balaban J connectivity index is 1.50. The van der Waals surface area contributed by atoms with Crippen LogP contribution >= 0.6 is 0 Å². The van der Waals surface area contributed by atoms with Crippen LogP contribution in [-0.4, -0.2) is 27.4 Å². The van der Waals surface area contributed by atoms with E-state index >= 15 is 0 Å². The SMILES string of the molecule is CC(C)(C#N)c1ccc(NC(=O)N2CCCC2c2nc3ccccc3[nH]2)cc1. The summed E-state index contributed by atoms with van der Waals surface area (Å²) in [5.41, 5.74) is 3.00. The van der Waals surface area contributed by atoms with Crippen LogP contribution in [0.15, 0.2) is 48.5 Å². The van der Waals surface area contributed by atoms with E-state index in [1.54, 1.807) is 0 Å². The number of nitrogens with one attached hydrogen (secondary N) is 2. The Bertz CT molecular complexity index is 1010. The summed E-state index contributed by atoms with van der Waals surface area (Å²) in [7, 11) is 0. The average Bonchev–Trinajstić information content (AvgIpc) is 3.35. The van der Waals surface area contributed by atoms with Gasteiger partial charge in [-0.15, -0.1) is 0 Å². The van der Waals surface area contributed by atoms with Gasteiger partial charge in [-0.3, -0.25) is 0 Å². The highest BCUT2D eigenvalue weighted by molar-refractivity contribution is 5.90. The number of urea groups is 1. The molecule has 1 aromatic heterocycles. The number of anilines is 1. The summed E-state index contributed by atoms with van der Waals surface area (Å²) in [5, 5.41) is 12.2. The standard InChI is InChI=1S/C22H23N5O/c1-22(2,14-23)15-9-11-16(12-10-15)24-21(28)27-13-5-8-19(27)20-25-17-6-3-4-7-18(17)26-20/h3-4,6-7,9-12,19H,5,8,13H2,1-2H3,(H,24,28)(H,25,26). The van der Waals surface area contributed by atoms with Crippen LogP contribution in [0.3, 0.4) is 0 Å². The normalized spacial score (nSPS) is 16.9. The van der Waals surface area contributed by atoms with E-state index in [9.17, 15) is 10.1 Å². The van der Waals surface area contributed by atoms with Crippen molar-refractivity contribution in [1.29, 1.82) is 5.26 Å². The Hall–Kier alpha value is -3.33. The Morgan fingerprint density at radius 2 is 2.00 bits per heavy atom. The number of aromatic nitrogens is 2. The minimum absolute atomic E-state index is 0.0517. The van der Waals surface area contributed by atoms with Gasteiger partial charge in [-0.1, -0.05) is 24.3 Å². The molecule has 1 fully saturated rings. The number of fused-ring (bicyclic) bond motifs is 1. The van der Waals surface area contributed by atoms with Crippen molar-refractivity contribution in [3.63, 3.8) is 0 Å². The first-order valence-corrected chi connectivity index (χ1v) is 9.52. The zero-order chi connectivity index (χ0) is 19.7. The number of benzene rings is 2. The van der Waals surface area contributed by atoms with Gasteiger partial charge in [-0.25, -0.2) is 9.78 Å². The number of hydrogen-bond donors (Lipinski definition) is 2. The number of nitriles is 1. The lowest BCUT2D eigenvalue weighted by molar-refractivity contribution is 0.205. The average molecular weight is 373 g/mol. The van der Waals surface area contributed by atoms with Crippen molar-refractivity contribution in [3.05, 3.63) is 59.9 Å². The van der Waals surface area contributed by atoms with Gasteiger partial charge >= 0.3 is 6.03 Å². The molecule has 0 radical (unpaired) electrons. The highest BCUT2D eigenvalue weighted by Gasteiger charge is 2.32. The number of hydrogen-bond acceptors (Lipinski definition) is 3. The third-order valence-corrected chi connectivity index (χ3v) is 5.37. The largest absolute Gasteiger partial charge is 0.340 e. The smallest absolute Gasteiger partial charge is 0.322 e.